The number of methoxy groups -OCH3 is 1. The maximum Gasteiger partial charge on any atom is 0.337 e. The lowest BCUT2D eigenvalue weighted by Crippen LogP contribution is -2.00. The molecular formula is C15H11NO2. The summed E-state index contributed by atoms with van der Waals surface area (Å²) in [6, 6.07) is 16.5. The Kier molecular flexibility index (Phi) is 3.40. The Bertz CT molecular complexity index is 592. The fourth-order valence-corrected chi connectivity index (χ4v) is 1.65. The smallest absolute Gasteiger partial charge is 0.337 e. The Balaban J connectivity index is 2.29. The first-order valence-electron chi connectivity index (χ1n) is 5.43. The zero-order chi connectivity index (χ0) is 13.0. The van der Waals surface area contributed by atoms with Crippen LogP contribution in [0.4, 0.5) is 0 Å². The third-order valence-corrected chi connectivity index (χ3v) is 2.65. The first-order valence-corrected chi connectivity index (χ1v) is 5.43. The highest BCUT2D eigenvalue weighted by Gasteiger charge is 2.05. The highest BCUT2D eigenvalue weighted by Crippen LogP contribution is 2.20. The maximum atomic E-state index is 11.3. The second-order valence-corrected chi connectivity index (χ2v) is 3.76. The summed E-state index contributed by atoms with van der Waals surface area (Å²) in [5, 5.41) is 8.72. The molecule has 0 aliphatic carbocycles. The summed E-state index contributed by atoms with van der Waals surface area (Å²) in [5.41, 5.74) is 3.15. The summed E-state index contributed by atoms with van der Waals surface area (Å²) in [7, 11) is 1.36. The van der Waals surface area contributed by atoms with Gasteiger partial charge < -0.3 is 4.74 Å². The van der Waals surface area contributed by atoms with E-state index in [-0.39, 0.29) is 5.97 Å². The molecule has 0 radical (unpaired) electrons. The molecule has 2 rings (SSSR count). The number of esters is 1. The summed E-state index contributed by atoms with van der Waals surface area (Å²) < 4.78 is 4.64. The van der Waals surface area contributed by atoms with Crippen LogP contribution in [0.25, 0.3) is 11.1 Å². The number of nitriles is 1. The molecule has 3 heteroatoms. The minimum Gasteiger partial charge on any atom is -0.465 e. The van der Waals surface area contributed by atoms with E-state index in [0.717, 1.165) is 11.1 Å². The zero-order valence-corrected chi connectivity index (χ0v) is 9.88. The molecule has 0 aromatic heterocycles. The van der Waals surface area contributed by atoms with Crippen LogP contribution in [-0.2, 0) is 4.74 Å². The zero-order valence-electron chi connectivity index (χ0n) is 9.88. The van der Waals surface area contributed by atoms with Crippen LogP contribution in [0.15, 0.2) is 48.5 Å². The second-order valence-electron chi connectivity index (χ2n) is 3.76. The first kappa shape index (κ1) is 11.9. The largest absolute Gasteiger partial charge is 0.465 e. The van der Waals surface area contributed by atoms with Gasteiger partial charge in [-0.15, -0.1) is 0 Å². The Hall–Kier alpha value is -2.60. The lowest BCUT2D eigenvalue weighted by Gasteiger charge is -2.03. The summed E-state index contributed by atoms with van der Waals surface area (Å²) in [6.45, 7) is 0. The van der Waals surface area contributed by atoms with Crippen molar-refractivity contribution in [2.45, 2.75) is 0 Å². The molecule has 18 heavy (non-hydrogen) atoms. The Morgan fingerprint density at radius 1 is 1.00 bits per heavy atom. The summed E-state index contributed by atoms with van der Waals surface area (Å²) in [4.78, 5) is 11.3. The van der Waals surface area contributed by atoms with Gasteiger partial charge in [-0.2, -0.15) is 5.26 Å². The van der Waals surface area contributed by atoms with Crippen molar-refractivity contribution in [3.63, 3.8) is 0 Å². The van der Waals surface area contributed by atoms with E-state index in [1.165, 1.54) is 7.11 Å². The van der Waals surface area contributed by atoms with Crippen molar-refractivity contribution in [2.24, 2.45) is 0 Å². The van der Waals surface area contributed by atoms with Crippen LogP contribution >= 0.6 is 0 Å². The van der Waals surface area contributed by atoms with Crippen LogP contribution in [0.2, 0.25) is 0 Å². The second kappa shape index (κ2) is 5.15. The molecule has 3 nitrogen and oxygen atoms in total. The number of carbonyl (C=O) groups excluding carboxylic acids is 1. The fourth-order valence-electron chi connectivity index (χ4n) is 1.65. The molecule has 0 spiro atoms. The topological polar surface area (TPSA) is 50.1 Å². The molecule has 0 aliphatic rings. The van der Waals surface area contributed by atoms with E-state index in [4.69, 9.17) is 5.26 Å². The van der Waals surface area contributed by atoms with E-state index in [1.54, 1.807) is 24.3 Å². The van der Waals surface area contributed by atoms with E-state index >= 15 is 0 Å². The molecule has 0 saturated heterocycles. The Morgan fingerprint density at radius 2 is 1.50 bits per heavy atom. The first-order chi connectivity index (χ1) is 8.74. The Labute approximate surface area is 105 Å². The van der Waals surface area contributed by atoms with Gasteiger partial charge in [0.2, 0.25) is 0 Å². The molecule has 0 N–H and O–H groups in total. The fraction of sp³-hybridized carbons (Fsp3) is 0.0667. The lowest BCUT2D eigenvalue weighted by atomic mass is 10.0. The number of benzene rings is 2. The van der Waals surface area contributed by atoms with E-state index in [1.807, 2.05) is 24.3 Å². The summed E-state index contributed by atoms with van der Waals surface area (Å²) in [5.74, 6) is -0.346. The van der Waals surface area contributed by atoms with Gasteiger partial charge in [0, 0.05) is 0 Å². The van der Waals surface area contributed by atoms with Crippen LogP contribution in [0, 0.1) is 11.3 Å². The molecule has 0 amide bonds. The standard InChI is InChI=1S/C15H11NO2/c1-18-15(17)14-8-6-13(7-9-14)12-4-2-11(10-16)3-5-12/h2-9H,1H3. The van der Waals surface area contributed by atoms with Gasteiger partial charge >= 0.3 is 5.97 Å². The molecule has 0 fully saturated rings. The van der Waals surface area contributed by atoms with Gasteiger partial charge in [0.05, 0.1) is 24.3 Å². The maximum absolute atomic E-state index is 11.3. The quantitative estimate of drug-likeness (QED) is 0.754. The summed E-state index contributed by atoms with van der Waals surface area (Å²) in [6.07, 6.45) is 0. The SMILES string of the molecule is COC(=O)c1ccc(-c2ccc(C#N)cc2)cc1. The van der Waals surface area contributed by atoms with Crippen molar-refractivity contribution in [3.05, 3.63) is 59.7 Å². The van der Waals surface area contributed by atoms with E-state index in [0.29, 0.717) is 11.1 Å². The number of hydrogen-bond donors (Lipinski definition) is 0. The highest BCUT2D eigenvalue weighted by atomic mass is 16.5. The number of ether oxygens (including phenoxy) is 1. The van der Waals surface area contributed by atoms with Crippen LogP contribution in [0.3, 0.4) is 0 Å². The number of carbonyl (C=O) groups is 1. The molecule has 0 aliphatic heterocycles. The minimum atomic E-state index is -0.346. The number of hydrogen-bond acceptors (Lipinski definition) is 3. The predicted octanol–water partition coefficient (Wildman–Crippen LogP) is 3.01. The monoisotopic (exact) mass is 237 g/mol. The molecule has 2 aromatic carbocycles. The molecule has 0 unspecified atom stereocenters. The lowest BCUT2D eigenvalue weighted by molar-refractivity contribution is 0.0601. The van der Waals surface area contributed by atoms with E-state index in [2.05, 4.69) is 10.8 Å². The average Bonchev–Trinajstić information content (AvgIpc) is 2.47. The third-order valence-electron chi connectivity index (χ3n) is 2.65. The molecule has 0 bridgehead atoms. The van der Waals surface area contributed by atoms with Gasteiger partial charge in [0.1, 0.15) is 0 Å². The molecule has 2 aromatic rings. The highest BCUT2D eigenvalue weighted by molar-refractivity contribution is 5.89. The van der Waals surface area contributed by atoms with Gasteiger partial charge in [-0.05, 0) is 35.4 Å². The molecule has 88 valence electrons. The predicted molar refractivity (Wildman–Crippen MR) is 67.9 cm³/mol. The van der Waals surface area contributed by atoms with Crippen LogP contribution in [0.1, 0.15) is 15.9 Å². The minimum absolute atomic E-state index is 0.346. The molecule has 0 atom stereocenters. The van der Waals surface area contributed by atoms with Gasteiger partial charge in [-0.1, -0.05) is 24.3 Å². The van der Waals surface area contributed by atoms with Crippen molar-refractivity contribution in [2.75, 3.05) is 7.11 Å². The number of nitrogens with zero attached hydrogens (tertiary/aromatic N) is 1. The van der Waals surface area contributed by atoms with Crippen molar-refractivity contribution in [1.29, 1.82) is 5.26 Å². The number of rotatable bonds is 2. The van der Waals surface area contributed by atoms with Crippen LogP contribution in [-0.4, -0.2) is 13.1 Å². The molecular weight excluding hydrogens is 226 g/mol. The molecule has 0 heterocycles. The third kappa shape index (κ3) is 2.38. The Morgan fingerprint density at radius 3 is 1.94 bits per heavy atom. The van der Waals surface area contributed by atoms with Gasteiger partial charge in [0.15, 0.2) is 0 Å². The van der Waals surface area contributed by atoms with Crippen molar-refractivity contribution in [3.8, 4) is 17.2 Å². The van der Waals surface area contributed by atoms with Crippen molar-refractivity contribution < 1.29 is 9.53 Å². The van der Waals surface area contributed by atoms with Gasteiger partial charge in [-0.25, -0.2) is 4.79 Å². The summed E-state index contributed by atoms with van der Waals surface area (Å²) >= 11 is 0. The van der Waals surface area contributed by atoms with E-state index in [9.17, 15) is 4.79 Å². The van der Waals surface area contributed by atoms with E-state index < -0.39 is 0 Å². The van der Waals surface area contributed by atoms with Crippen molar-refractivity contribution >= 4 is 5.97 Å². The van der Waals surface area contributed by atoms with Crippen LogP contribution < -0.4 is 0 Å². The normalized spacial score (nSPS) is 9.56. The van der Waals surface area contributed by atoms with Gasteiger partial charge in [0.25, 0.3) is 0 Å². The van der Waals surface area contributed by atoms with Crippen LogP contribution in [0.5, 0.6) is 0 Å². The van der Waals surface area contributed by atoms with Crippen molar-refractivity contribution in [1.82, 2.24) is 0 Å². The molecule has 0 saturated carbocycles. The average molecular weight is 237 g/mol. The van der Waals surface area contributed by atoms with Gasteiger partial charge in [-0.3, -0.25) is 0 Å².